The van der Waals surface area contributed by atoms with Gasteiger partial charge in [-0.25, -0.2) is 9.97 Å². The molecule has 1 aliphatic carbocycles. The lowest BCUT2D eigenvalue weighted by molar-refractivity contribution is 0.102. The Morgan fingerprint density at radius 2 is 1.94 bits per heavy atom. The van der Waals surface area contributed by atoms with Gasteiger partial charge in [-0.1, -0.05) is 17.3 Å². The van der Waals surface area contributed by atoms with Gasteiger partial charge >= 0.3 is 0 Å². The number of para-hydroxylation sites is 2. The third kappa shape index (κ3) is 3.39. The number of aromatic nitrogens is 4. The van der Waals surface area contributed by atoms with Crippen LogP contribution < -0.4 is 10.1 Å². The fraction of sp³-hybridized carbons (Fsp3) is 0.231. The third-order valence-corrected chi connectivity index (χ3v) is 6.27. The molecule has 0 unspecified atom stereocenters. The molecule has 1 amide bonds. The lowest BCUT2D eigenvalue weighted by Gasteiger charge is -2.10. The highest BCUT2D eigenvalue weighted by Crippen LogP contribution is 2.41. The van der Waals surface area contributed by atoms with Gasteiger partial charge in [-0.05, 0) is 62.2 Å². The maximum Gasteiger partial charge on any atom is 0.259 e. The van der Waals surface area contributed by atoms with Gasteiger partial charge in [0.2, 0.25) is 5.95 Å². The van der Waals surface area contributed by atoms with Crippen LogP contribution in [0.2, 0.25) is 0 Å². The van der Waals surface area contributed by atoms with Gasteiger partial charge in [0, 0.05) is 23.7 Å². The SMILES string of the molecule is CCn1c(NC(=O)c2cc(C3CC3)nc3onc(-c4ccc(OC)cc4)c23)nc2ccccc21. The molecule has 0 atom stereocenters. The normalized spacial score (nSPS) is 13.5. The average molecular weight is 454 g/mol. The number of hydrogen-bond acceptors (Lipinski definition) is 6. The van der Waals surface area contributed by atoms with E-state index in [2.05, 4.69) is 20.4 Å². The summed E-state index contributed by atoms with van der Waals surface area (Å²) < 4.78 is 12.9. The number of methoxy groups -OCH3 is 1. The summed E-state index contributed by atoms with van der Waals surface area (Å²) in [5.74, 6) is 1.33. The molecule has 1 saturated carbocycles. The average Bonchev–Trinajstić information content (AvgIpc) is 3.54. The minimum absolute atomic E-state index is 0.266. The summed E-state index contributed by atoms with van der Waals surface area (Å²) in [7, 11) is 1.62. The minimum Gasteiger partial charge on any atom is -0.497 e. The monoisotopic (exact) mass is 453 g/mol. The Morgan fingerprint density at radius 1 is 1.15 bits per heavy atom. The minimum atomic E-state index is -0.266. The number of benzene rings is 2. The van der Waals surface area contributed by atoms with E-state index in [0.717, 1.165) is 40.9 Å². The number of aryl methyl sites for hydroxylation is 1. The van der Waals surface area contributed by atoms with E-state index in [-0.39, 0.29) is 5.91 Å². The number of rotatable bonds is 6. The predicted octanol–water partition coefficient (Wildman–Crippen LogP) is 5.40. The van der Waals surface area contributed by atoms with E-state index in [1.807, 2.05) is 66.1 Å². The molecule has 0 bridgehead atoms. The van der Waals surface area contributed by atoms with Crippen LogP contribution in [0.3, 0.4) is 0 Å². The molecule has 0 saturated heterocycles. The summed E-state index contributed by atoms with van der Waals surface area (Å²) >= 11 is 0. The second-order valence-corrected chi connectivity index (χ2v) is 8.43. The number of carbonyl (C=O) groups is 1. The highest BCUT2D eigenvalue weighted by atomic mass is 16.5. The van der Waals surface area contributed by atoms with Crippen LogP contribution in [0.5, 0.6) is 5.75 Å². The third-order valence-electron chi connectivity index (χ3n) is 6.27. The number of nitrogens with one attached hydrogen (secondary N) is 1. The summed E-state index contributed by atoms with van der Waals surface area (Å²) in [5.41, 5.74) is 4.90. The van der Waals surface area contributed by atoms with Gasteiger partial charge in [0.25, 0.3) is 11.6 Å². The van der Waals surface area contributed by atoms with Crippen LogP contribution in [0.15, 0.2) is 59.1 Å². The van der Waals surface area contributed by atoms with E-state index < -0.39 is 0 Å². The first kappa shape index (κ1) is 20.4. The van der Waals surface area contributed by atoms with Crippen LogP contribution >= 0.6 is 0 Å². The first-order chi connectivity index (χ1) is 16.7. The first-order valence-corrected chi connectivity index (χ1v) is 11.4. The second kappa shape index (κ2) is 7.98. The highest BCUT2D eigenvalue weighted by molar-refractivity contribution is 6.14. The van der Waals surface area contributed by atoms with E-state index in [0.29, 0.717) is 40.8 Å². The zero-order valence-electron chi connectivity index (χ0n) is 18.9. The van der Waals surface area contributed by atoms with Gasteiger partial charge in [0.05, 0.1) is 29.1 Å². The van der Waals surface area contributed by atoms with Crippen molar-refractivity contribution in [3.8, 4) is 17.0 Å². The zero-order valence-corrected chi connectivity index (χ0v) is 18.9. The van der Waals surface area contributed by atoms with Crippen LogP contribution in [-0.4, -0.2) is 32.7 Å². The van der Waals surface area contributed by atoms with E-state index in [1.54, 1.807) is 7.11 Å². The summed E-state index contributed by atoms with van der Waals surface area (Å²) in [6.45, 7) is 2.71. The van der Waals surface area contributed by atoms with Crippen molar-refractivity contribution in [3.63, 3.8) is 0 Å². The van der Waals surface area contributed by atoms with E-state index >= 15 is 0 Å². The number of fused-ring (bicyclic) bond motifs is 2. The Kier molecular flexibility index (Phi) is 4.79. The number of carbonyl (C=O) groups excluding carboxylic acids is 1. The lowest BCUT2D eigenvalue weighted by Crippen LogP contribution is -2.17. The Morgan fingerprint density at radius 3 is 2.68 bits per heavy atom. The van der Waals surface area contributed by atoms with Gasteiger partial charge in [-0.3, -0.25) is 10.1 Å². The molecule has 3 aromatic heterocycles. The summed E-state index contributed by atoms with van der Waals surface area (Å²) in [6, 6.07) is 17.2. The number of ether oxygens (including phenoxy) is 1. The van der Waals surface area contributed by atoms with Gasteiger partial charge < -0.3 is 13.8 Å². The standard InChI is InChI=1S/C26H23N5O3/c1-3-31-21-7-5-4-6-19(21)28-26(31)29-24(32)18-14-20(15-8-9-15)27-25-22(18)23(30-34-25)16-10-12-17(33-2)13-11-16/h4-7,10-15H,3,8-9H2,1-2H3,(H,28,29,32). The zero-order chi connectivity index (χ0) is 23.2. The Hall–Kier alpha value is -4.20. The quantitative estimate of drug-likeness (QED) is 0.370. The van der Waals surface area contributed by atoms with Crippen molar-refractivity contribution < 1.29 is 14.1 Å². The molecular formula is C26H23N5O3. The molecule has 1 N–H and O–H groups in total. The summed E-state index contributed by atoms with van der Waals surface area (Å²) in [4.78, 5) is 23.0. The molecule has 1 aliphatic rings. The fourth-order valence-corrected chi connectivity index (χ4v) is 4.34. The summed E-state index contributed by atoms with van der Waals surface area (Å²) in [5, 5.41) is 7.90. The summed E-state index contributed by atoms with van der Waals surface area (Å²) in [6.07, 6.45) is 2.12. The van der Waals surface area contributed by atoms with Gasteiger partial charge in [-0.15, -0.1) is 0 Å². The number of imidazole rings is 1. The number of hydrogen-bond donors (Lipinski definition) is 1. The number of anilines is 1. The number of nitrogens with zero attached hydrogens (tertiary/aromatic N) is 4. The van der Waals surface area contributed by atoms with Gasteiger partial charge in [0.1, 0.15) is 11.4 Å². The molecule has 34 heavy (non-hydrogen) atoms. The van der Waals surface area contributed by atoms with Crippen LogP contribution in [-0.2, 0) is 6.54 Å². The van der Waals surface area contributed by atoms with E-state index in [1.165, 1.54) is 0 Å². The maximum absolute atomic E-state index is 13.7. The molecule has 6 rings (SSSR count). The van der Waals surface area contributed by atoms with Crippen molar-refractivity contribution >= 4 is 34.0 Å². The van der Waals surface area contributed by atoms with Crippen molar-refractivity contribution in [1.82, 2.24) is 19.7 Å². The molecule has 2 aromatic carbocycles. The number of pyridine rings is 1. The van der Waals surface area contributed by atoms with Crippen molar-refractivity contribution in [2.45, 2.75) is 32.2 Å². The smallest absolute Gasteiger partial charge is 0.259 e. The van der Waals surface area contributed by atoms with Crippen LogP contribution in [0.1, 0.15) is 41.7 Å². The van der Waals surface area contributed by atoms with Gasteiger partial charge in [-0.2, -0.15) is 0 Å². The molecule has 8 heteroatoms. The van der Waals surface area contributed by atoms with Crippen LogP contribution in [0.4, 0.5) is 5.95 Å². The Labute approximate surface area is 195 Å². The Balaban J connectivity index is 1.47. The van der Waals surface area contributed by atoms with Crippen LogP contribution in [0, 0.1) is 0 Å². The lowest BCUT2D eigenvalue weighted by atomic mass is 10.0. The molecule has 5 aromatic rings. The molecule has 0 aliphatic heterocycles. The first-order valence-electron chi connectivity index (χ1n) is 11.4. The van der Waals surface area contributed by atoms with E-state index in [9.17, 15) is 4.79 Å². The van der Waals surface area contributed by atoms with Crippen molar-refractivity contribution in [1.29, 1.82) is 0 Å². The van der Waals surface area contributed by atoms with Gasteiger partial charge in [0.15, 0.2) is 0 Å². The predicted molar refractivity (Wildman–Crippen MR) is 129 cm³/mol. The molecule has 170 valence electrons. The second-order valence-electron chi connectivity index (χ2n) is 8.43. The Bertz CT molecular complexity index is 1530. The molecular weight excluding hydrogens is 430 g/mol. The van der Waals surface area contributed by atoms with Crippen LogP contribution in [0.25, 0.3) is 33.4 Å². The van der Waals surface area contributed by atoms with Crippen molar-refractivity contribution in [2.75, 3.05) is 12.4 Å². The molecule has 3 heterocycles. The van der Waals surface area contributed by atoms with Crippen molar-refractivity contribution in [2.24, 2.45) is 0 Å². The molecule has 0 spiro atoms. The topological polar surface area (TPSA) is 95.1 Å². The molecule has 1 fully saturated rings. The highest BCUT2D eigenvalue weighted by Gasteiger charge is 2.30. The maximum atomic E-state index is 13.7. The molecule has 0 radical (unpaired) electrons. The largest absolute Gasteiger partial charge is 0.497 e. The van der Waals surface area contributed by atoms with Crippen molar-refractivity contribution in [3.05, 3.63) is 65.9 Å². The van der Waals surface area contributed by atoms with E-state index in [4.69, 9.17) is 9.26 Å². The molecule has 8 nitrogen and oxygen atoms in total. The number of amides is 1. The fourth-order valence-electron chi connectivity index (χ4n) is 4.34.